The highest BCUT2D eigenvalue weighted by molar-refractivity contribution is 6.02. The number of aromatic nitrogens is 1. The number of rotatable bonds is 4. The maximum absolute atomic E-state index is 11.1. The van der Waals surface area contributed by atoms with E-state index >= 15 is 0 Å². The summed E-state index contributed by atoms with van der Waals surface area (Å²) < 4.78 is 0. The van der Waals surface area contributed by atoms with Crippen molar-refractivity contribution >= 4 is 22.7 Å². The molecule has 0 saturated carbocycles. The van der Waals surface area contributed by atoms with Gasteiger partial charge >= 0.3 is 5.97 Å². The van der Waals surface area contributed by atoms with Gasteiger partial charge in [0.05, 0.1) is 11.1 Å². The zero-order chi connectivity index (χ0) is 13.1. The van der Waals surface area contributed by atoms with Gasteiger partial charge in [-0.1, -0.05) is 19.9 Å². The molecule has 1 heterocycles. The third-order valence-electron chi connectivity index (χ3n) is 2.65. The van der Waals surface area contributed by atoms with Crippen LogP contribution in [0.15, 0.2) is 30.3 Å². The second kappa shape index (κ2) is 5.04. The van der Waals surface area contributed by atoms with Crippen molar-refractivity contribution in [2.24, 2.45) is 5.92 Å². The summed E-state index contributed by atoms with van der Waals surface area (Å²) in [6, 6.07) is 8.74. The standard InChI is InChI=1S/C14H16N2O2/c1-9(2)8-15-13-7-6-10-11(14(17)18)4-3-5-12(10)16-13/h3-7,9H,8H2,1-2H3,(H,15,16)(H,17,18). The van der Waals surface area contributed by atoms with Gasteiger partial charge in [0, 0.05) is 11.9 Å². The molecule has 4 heteroatoms. The third kappa shape index (κ3) is 2.59. The molecule has 18 heavy (non-hydrogen) atoms. The van der Waals surface area contributed by atoms with E-state index in [0.717, 1.165) is 12.4 Å². The molecule has 2 N–H and O–H groups in total. The van der Waals surface area contributed by atoms with E-state index in [1.165, 1.54) is 0 Å². The van der Waals surface area contributed by atoms with Gasteiger partial charge in [0.1, 0.15) is 5.82 Å². The SMILES string of the molecule is CC(C)CNc1ccc2c(C(=O)O)cccc2n1. The Morgan fingerprint density at radius 3 is 2.78 bits per heavy atom. The summed E-state index contributed by atoms with van der Waals surface area (Å²) in [5.41, 5.74) is 0.985. The second-order valence-electron chi connectivity index (χ2n) is 4.65. The first-order valence-electron chi connectivity index (χ1n) is 5.95. The zero-order valence-electron chi connectivity index (χ0n) is 10.5. The van der Waals surface area contributed by atoms with Crippen LogP contribution in [0.4, 0.5) is 5.82 Å². The molecule has 0 bridgehead atoms. The molecule has 2 aromatic rings. The van der Waals surface area contributed by atoms with Gasteiger partial charge in [0.15, 0.2) is 0 Å². The van der Waals surface area contributed by atoms with Crippen molar-refractivity contribution < 1.29 is 9.90 Å². The summed E-state index contributed by atoms with van der Waals surface area (Å²) in [6.45, 7) is 5.09. The maximum atomic E-state index is 11.1. The van der Waals surface area contributed by atoms with Crippen molar-refractivity contribution in [3.8, 4) is 0 Å². The molecule has 0 spiro atoms. The van der Waals surface area contributed by atoms with E-state index in [1.54, 1.807) is 18.2 Å². The highest BCUT2D eigenvalue weighted by atomic mass is 16.4. The number of hydrogen-bond acceptors (Lipinski definition) is 3. The number of nitrogens with one attached hydrogen (secondary N) is 1. The van der Waals surface area contributed by atoms with E-state index < -0.39 is 5.97 Å². The summed E-state index contributed by atoms with van der Waals surface area (Å²) in [7, 11) is 0. The lowest BCUT2D eigenvalue weighted by atomic mass is 10.1. The van der Waals surface area contributed by atoms with Gasteiger partial charge in [-0.15, -0.1) is 0 Å². The van der Waals surface area contributed by atoms with Crippen LogP contribution in [0.3, 0.4) is 0 Å². The zero-order valence-corrected chi connectivity index (χ0v) is 10.5. The highest BCUT2D eigenvalue weighted by Gasteiger charge is 2.08. The summed E-state index contributed by atoms with van der Waals surface area (Å²) in [5.74, 6) is 0.386. The Balaban J connectivity index is 2.38. The molecule has 0 aliphatic heterocycles. The minimum Gasteiger partial charge on any atom is -0.478 e. The lowest BCUT2D eigenvalue weighted by Crippen LogP contribution is -2.09. The van der Waals surface area contributed by atoms with Crippen LogP contribution in [0.25, 0.3) is 10.9 Å². The molecule has 0 atom stereocenters. The molecule has 2 rings (SSSR count). The average molecular weight is 244 g/mol. The van der Waals surface area contributed by atoms with Crippen LogP contribution in [0, 0.1) is 5.92 Å². The molecule has 0 aliphatic rings. The van der Waals surface area contributed by atoms with Crippen molar-refractivity contribution in [1.29, 1.82) is 0 Å². The van der Waals surface area contributed by atoms with Crippen LogP contribution in [0.5, 0.6) is 0 Å². The van der Waals surface area contributed by atoms with Crippen molar-refractivity contribution in [1.82, 2.24) is 4.98 Å². The van der Waals surface area contributed by atoms with Crippen molar-refractivity contribution in [2.45, 2.75) is 13.8 Å². The van der Waals surface area contributed by atoms with Crippen molar-refractivity contribution in [3.05, 3.63) is 35.9 Å². The van der Waals surface area contributed by atoms with Crippen LogP contribution in [0.1, 0.15) is 24.2 Å². The number of carboxylic acid groups (broad SMARTS) is 1. The number of carboxylic acids is 1. The first-order chi connectivity index (χ1) is 8.58. The molecule has 94 valence electrons. The predicted octanol–water partition coefficient (Wildman–Crippen LogP) is 3.00. The van der Waals surface area contributed by atoms with E-state index in [9.17, 15) is 4.79 Å². The molecule has 0 aliphatic carbocycles. The molecular weight excluding hydrogens is 228 g/mol. The third-order valence-corrected chi connectivity index (χ3v) is 2.65. The summed E-state index contributed by atoms with van der Waals surface area (Å²) in [6.07, 6.45) is 0. The summed E-state index contributed by atoms with van der Waals surface area (Å²) in [4.78, 5) is 15.5. The Hall–Kier alpha value is -2.10. The number of pyridine rings is 1. The normalized spacial score (nSPS) is 10.8. The van der Waals surface area contributed by atoms with Gasteiger partial charge in [-0.2, -0.15) is 0 Å². The van der Waals surface area contributed by atoms with Gasteiger partial charge in [-0.25, -0.2) is 9.78 Å². The molecule has 4 nitrogen and oxygen atoms in total. The van der Waals surface area contributed by atoms with Gasteiger partial charge < -0.3 is 10.4 Å². The maximum Gasteiger partial charge on any atom is 0.336 e. The Morgan fingerprint density at radius 2 is 2.11 bits per heavy atom. The first-order valence-corrected chi connectivity index (χ1v) is 5.95. The number of hydrogen-bond donors (Lipinski definition) is 2. The smallest absolute Gasteiger partial charge is 0.336 e. The Bertz CT molecular complexity index is 579. The van der Waals surface area contributed by atoms with Crippen LogP contribution < -0.4 is 5.32 Å². The minimum atomic E-state index is -0.926. The van der Waals surface area contributed by atoms with E-state index in [1.807, 2.05) is 12.1 Å². The van der Waals surface area contributed by atoms with Crippen LogP contribution >= 0.6 is 0 Å². The lowest BCUT2D eigenvalue weighted by Gasteiger charge is -2.09. The fourth-order valence-corrected chi connectivity index (χ4v) is 1.75. The second-order valence-corrected chi connectivity index (χ2v) is 4.65. The van der Waals surface area contributed by atoms with Crippen molar-refractivity contribution in [3.63, 3.8) is 0 Å². The minimum absolute atomic E-state index is 0.287. The fraction of sp³-hybridized carbons (Fsp3) is 0.286. The number of anilines is 1. The Morgan fingerprint density at radius 1 is 1.33 bits per heavy atom. The van der Waals surface area contributed by atoms with Gasteiger partial charge in [-0.3, -0.25) is 0 Å². The fourth-order valence-electron chi connectivity index (χ4n) is 1.75. The van der Waals surface area contributed by atoms with E-state index in [4.69, 9.17) is 5.11 Å². The topological polar surface area (TPSA) is 62.2 Å². The number of aromatic carboxylic acids is 1. The summed E-state index contributed by atoms with van der Waals surface area (Å²) >= 11 is 0. The Kier molecular flexibility index (Phi) is 3.46. The van der Waals surface area contributed by atoms with Gasteiger partial charge in [0.2, 0.25) is 0 Å². The highest BCUT2D eigenvalue weighted by Crippen LogP contribution is 2.19. The van der Waals surface area contributed by atoms with E-state index in [0.29, 0.717) is 16.8 Å². The predicted molar refractivity (Wildman–Crippen MR) is 72.0 cm³/mol. The monoisotopic (exact) mass is 244 g/mol. The molecule has 0 fully saturated rings. The van der Waals surface area contributed by atoms with Crippen molar-refractivity contribution in [2.75, 3.05) is 11.9 Å². The average Bonchev–Trinajstić information content (AvgIpc) is 2.35. The number of fused-ring (bicyclic) bond motifs is 1. The van der Waals surface area contributed by atoms with Crippen LogP contribution in [-0.4, -0.2) is 22.6 Å². The molecule has 0 amide bonds. The lowest BCUT2D eigenvalue weighted by molar-refractivity contribution is 0.0699. The number of carbonyl (C=O) groups is 1. The van der Waals surface area contributed by atoms with Gasteiger partial charge in [0.25, 0.3) is 0 Å². The van der Waals surface area contributed by atoms with E-state index in [-0.39, 0.29) is 5.56 Å². The number of benzene rings is 1. The quantitative estimate of drug-likeness (QED) is 0.867. The first kappa shape index (κ1) is 12.4. The van der Waals surface area contributed by atoms with Crippen LogP contribution in [-0.2, 0) is 0 Å². The van der Waals surface area contributed by atoms with E-state index in [2.05, 4.69) is 24.1 Å². The number of nitrogens with zero attached hydrogens (tertiary/aromatic N) is 1. The summed E-state index contributed by atoms with van der Waals surface area (Å²) in [5, 5.41) is 13.0. The molecule has 1 aromatic carbocycles. The Labute approximate surface area is 106 Å². The van der Waals surface area contributed by atoms with Gasteiger partial charge in [-0.05, 0) is 30.2 Å². The molecule has 0 saturated heterocycles. The molecule has 1 aromatic heterocycles. The molecule has 0 radical (unpaired) electrons. The molecular formula is C14H16N2O2. The molecule has 0 unspecified atom stereocenters. The van der Waals surface area contributed by atoms with Crippen LogP contribution in [0.2, 0.25) is 0 Å². The largest absolute Gasteiger partial charge is 0.478 e.